The van der Waals surface area contributed by atoms with Gasteiger partial charge >= 0.3 is 5.97 Å². The van der Waals surface area contributed by atoms with Gasteiger partial charge in [-0.05, 0) is 34.4 Å². The molecule has 0 aliphatic carbocycles. The van der Waals surface area contributed by atoms with Crippen molar-refractivity contribution in [2.75, 3.05) is 7.11 Å². The summed E-state index contributed by atoms with van der Waals surface area (Å²) in [6, 6.07) is 24.0. The average Bonchev–Trinajstić information content (AvgIpc) is 2.82. The minimum Gasteiger partial charge on any atom is -0.468 e. The van der Waals surface area contributed by atoms with E-state index in [4.69, 9.17) is 4.74 Å². The summed E-state index contributed by atoms with van der Waals surface area (Å²) in [5.41, 5.74) is 3.17. The second-order valence-corrected chi connectivity index (χ2v) is 8.59. The minimum atomic E-state index is -1.11. The number of aryl methyl sites for hydroxylation is 1. The van der Waals surface area contributed by atoms with Crippen molar-refractivity contribution >= 4 is 34.4 Å². The van der Waals surface area contributed by atoms with Gasteiger partial charge < -0.3 is 10.1 Å². The molecule has 2 unspecified atom stereocenters. The number of carbonyl (C=O) groups excluding carboxylic acids is 2. The fourth-order valence-corrected chi connectivity index (χ4v) is 5.21. The number of nitrogens with zero attached hydrogens (tertiary/aromatic N) is 1. The number of rotatable bonds is 5. The predicted molar refractivity (Wildman–Crippen MR) is 125 cm³/mol. The lowest BCUT2D eigenvalue weighted by molar-refractivity contribution is -0.150. The molecule has 0 saturated carbocycles. The number of ether oxygens (including phenoxy) is 1. The molecular formula is C26H22N2O3S. The fraction of sp³-hybridized carbons (Fsp3) is 0.192. The lowest BCUT2D eigenvalue weighted by atomic mass is 9.77. The highest BCUT2D eigenvalue weighted by Gasteiger charge is 2.44. The standard InChI is InChI=1S/C26H22N2O3S/c1-16-8-3-5-12-19(16)22-21(14-27)25(28-24(29)23(22)26(30)31-2)32-15-18-11-7-10-17-9-4-6-13-20(17)18/h3-13,22-23H,15H2,1-2H3,(H,28,29). The summed E-state index contributed by atoms with van der Waals surface area (Å²) < 4.78 is 4.92. The van der Waals surface area contributed by atoms with Crippen molar-refractivity contribution in [2.45, 2.75) is 18.6 Å². The third-order valence-electron chi connectivity index (χ3n) is 5.76. The molecular weight excluding hydrogens is 420 g/mol. The van der Waals surface area contributed by atoms with Crippen LogP contribution in [0.5, 0.6) is 0 Å². The van der Waals surface area contributed by atoms with Crippen molar-refractivity contribution in [3.63, 3.8) is 0 Å². The molecule has 1 heterocycles. The maximum absolute atomic E-state index is 13.0. The van der Waals surface area contributed by atoms with Gasteiger partial charge in [-0.2, -0.15) is 5.26 Å². The highest BCUT2D eigenvalue weighted by atomic mass is 32.2. The van der Waals surface area contributed by atoms with Crippen LogP contribution in [0.2, 0.25) is 0 Å². The molecule has 4 rings (SSSR count). The Morgan fingerprint density at radius 2 is 1.81 bits per heavy atom. The van der Waals surface area contributed by atoms with Crippen LogP contribution in [0.3, 0.4) is 0 Å². The molecule has 1 aliphatic rings. The van der Waals surface area contributed by atoms with Crippen molar-refractivity contribution in [1.82, 2.24) is 5.32 Å². The SMILES string of the molecule is COC(=O)C1C(=O)NC(SCc2cccc3ccccc23)=C(C#N)C1c1ccccc1C. The zero-order valence-corrected chi connectivity index (χ0v) is 18.6. The number of amides is 1. The van der Waals surface area contributed by atoms with E-state index in [1.807, 2.05) is 55.5 Å². The summed E-state index contributed by atoms with van der Waals surface area (Å²) in [5, 5.41) is 15.6. The van der Waals surface area contributed by atoms with Gasteiger partial charge in [0.15, 0.2) is 0 Å². The largest absolute Gasteiger partial charge is 0.468 e. The lowest BCUT2D eigenvalue weighted by Gasteiger charge is -2.31. The van der Waals surface area contributed by atoms with Gasteiger partial charge in [-0.15, -0.1) is 11.8 Å². The van der Waals surface area contributed by atoms with E-state index in [0.29, 0.717) is 16.4 Å². The molecule has 5 nitrogen and oxygen atoms in total. The summed E-state index contributed by atoms with van der Waals surface area (Å²) in [7, 11) is 1.26. The molecule has 1 amide bonds. The van der Waals surface area contributed by atoms with Crippen LogP contribution in [0.15, 0.2) is 77.3 Å². The monoisotopic (exact) mass is 442 g/mol. The van der Waals surface area contributed by atoms with Gasteiger partial charge in [0, 0.05) is 11.7 Å². The number of benzene rings is 3. The van der Waals surface area contributed by atoms with E-state index >= 15 is 0 Å². The Balaban J connectivity index is 1.76. The first-order chi connectivity index (χ1) is 15.5. The molecule has 0 saturated heterocycles. The molecule has 3 aromatic rings. The highest BCUT2D eigenvalue weighted by Crippen LogP contribution is 2.42. The summed E-state index contributed by atoms with van der Waals surface area (Å²) in [6.07, 6.45) is 0. The van der Waals surface area contributed by atoms with E-state index in [0.717, 1.165) is 27.5 Å². The molecule has 0 spiro atoms. The zero-order chi connectivity index (χ0) is 22.7. The van der Waals surface area contributed by atoms with Crippen molar-refractivity contribution in [3.8, 4) is 6.07 Å². The third-order valence-corrected chi connectivity index (χ3v) is 6.83. The van der Waals surface area contributed by atoms with Gasteiger partial charge in [-0.3, -0.25) is 9.59 Å². The molecule has 0 aromatic heterocycles. The maximum atomic E-state index is 13.0. The Morgan fingerprint density at radius 1 is 1.09 bits per heavy atom. The summed E-state index contributed by atoms with van der Waals surface area (Å²) in [5.74, 6) is -2.34. The van der Waals surface area contributed by atoms with Gasteiger partial charge in [0.2, 0.25) is 5.91 Å². The van der Waals surface area contributed by atoms with Crippen molar-refractivity contribution < 1.29 is 14.3 Å². The fourth-order valence-electron chi connectivity index (χ4n) is 4.16. The number of allylic oxidation sites excluding steroid dienone is 1. The van der Waals surface area contributed by atoms with Crippen molar-refractivity contribution in [3.05, 3.63) is 94.0 Å². The second kappa shape index (κ2) is 9.29. The van der Waals surface area contributed by atoms with Crippen molar-refractivity contribution in [2.24, 2.45) is 5.92 Å². The molecule has 160 valence electrons. The van der Waals surface area contributed by atoms with Gasteiger partial charge in [0.05, 0.1) is 23.8 Å². The Hall–Kier alpha value is -3.56. The average molecular weight is 443 g/mol. The molecule has 2 atom stereocenters. The number of nitrogens with one attached hydrogen (secondary N) is 1. The molecule has 32 heavy (non-hydrogen) atoms. The molecule has 6 heteroatoms. The summed E-state index contributed by atoms with van der Waals surface area (Å²) >= 11 is 1.40. The minimum absolute atomic E-state index is 0.375. The van der Waals surface area contributed by atoms with E-state index in [9.17, 15) is 14.9 Å². The quantitative estimate of drug-likeness (QED) is 0.453. The first-order valence-corrected chi connectivity index (χ1v) is 11.2. The first kappa shape index (κ1) is 21.7. The maximum Gasteiger partial charge on any atom is 0.319 e. The number of fused-ring (bicyclic) bond motifs is 1. The summed E-state index contributed by atoms with van der Waals surface area (Å²) in [4.78, 5) is 25.6. The van der Waals surface area contributed by atoms with E-state index < -0.39 is 23.7 Å². The highest BCUT2D eigenvalue weighted by molar-refractivity contribution is 8.02. The first-order valence-electron chi connectivity index (χ1n) is 10.2. The van der Waals surface area contributed by atoms with Gasteiger partial charge in [0.1, 0.15) is 5.92 Å². The van der Waals surface area contributed by atoms with Crippen LogP contribution in [0, 0.1) is 24.2 Å². The zero-order valence-electron chi connectivity index (χ0n) is 17.8. The number of methoxy groups -OCH3 is 1. The lowest BCUT2D eigenvalue weighted by Crippen LogP contribution is -2.44. The van der Waals surface area contributed by atoms with Crippen LogP contribution in [0.25, 0.3) is 10.8 Å². The van der Waals surface area contributed by atoms with E-state index in [2.05, 4.69) is 29.6 Å². The Kier molecular flexibility index (Phi) is 6.29. The van der Waals surface area contributed by atoms with Gasteiger partial charge in [-0.25, -0.2) is 0 Å². The smallest absolute Gasteiger partial charge is 0.319 e. The Labute approximate surface area is 191 Å². The number of hydrogen-bond acceptors (Lipinski definition) is 5. The normalized spacial score (nSPS) is 18.2. The second-order valence-electron chi connectivity index (χ2n) is 7.61. The van der Waals surface area contributed by atoms with Crippen LogP contribution in [0.1, 0.15) is 22.6 Å². The number of carbonyl (C=O) groups is 2. The number of esters is 1. The molecule has 1 aliphatic heterocycles. The Morgan fingerprint density at radius 3 is 2.56 bits per heavy atom. The Bertz CT molecular complexity index is 1270. The topological polar surface area (TPSA) is 79.2 Å². The predicted octanol–water partition coefficient (Wildman–Crippen LogP) is 4.82. The van der Waals surface area contributed by atoms with Crippen molar-refractivity contribution in [1.29, 1.82) is 5.26 Å². The number of thioether (sulfide) groups is 1. The van der Waals surface area contributed by atoms with E-state index in [-0.39, 0.29) is 0 Å². The van der Waals surface area contributed by atoms with Crippen LogP contribution < -0.4 is 5.32 Å². The number of hydrogen-bond donors (Lipinski definition) is 1. The summed E-state index contributed by atoms with van der Waals surface area (Å²) in [6.45, 7) is 1.91. The van der Waals surface area contributed by atoms with E-state index in [1.54, 1.807) is 0 Å². The van der Waals surface area contributed by atoms with Crippen LogP contribution in [0.4, 0.5) is 0 Å². The molecule has 3 aromatic carbocycles. The molecule has 0 radical (unpaired) electrons. The molecule has 1 N–H and O–H groups in total. The molecule has 0 fully saturated rings. The van der Waals surface area contributed by atoms with Crippen LogP contribution >= 0.6 is 11.8 Å². The van der Waals surface area contributed by atoms with E-state index in [1.165, 1.54) is 18.9 Å². The third kappa shape index (κ3) is 4.00. The number of nitriles is 1. The molecule has 0 bridgehead atoms. The van der Waals surface area contributed by atoms with Gasteiger partial charge in [0.25, 0.3) is 0 Å². The van der Waals surface area contributed by atoms with Crippen LogP contribution in [-0.4, -0.2) is 19.0 Å². The van der Waals surface area contributed by atoms with Gasteiger partial charge in [-0.1, -0.05) is 66.7 Å². The van der Waals surface area contributed by atoms with Crippen LogP contribution in [-0.2, 0) is 20.1 Å².